The fourth-order valence-electron chi connectivity index (χ4n) is 6.47. The number of halogens is 6. The second-order valence-electron chi connectivity index (χ2n) is 11.4. The van der Waals surface area contributed by atoms with Gasteiger partial charge in [0.15, 0.2) is 22.9 Å². The van der Waals surface area contributed by atoms with Crippen LogP contribution in [0.3, 0.4) is 0 Å². The minimum atomic E-state index is -4.56. The van der Waals surface area contributed by atoms with E-state index in [4.69, 9.17) is 31.5 Å². The van der Waals surface area contributed by atoms with E-state index < -0.39 is 87.0 Å². The highest BCUT2D eigenvalue weighted by Crippen LogP contribution is 2.55. The summed E-state index contributed by atoms with van der Waals surface area (Å²) < 4.78 is 88.8. The molecule has 9 nitrogen and oxygen atoms in total. The Morgan fingerprint density at radius 2 is 1.83 bits per heavy atom. The normalized spacial score (nSPS) is 19.7. The number of nitrogens with two attached hydrogens (primary N) is 1. The molecule has 4 aromatic rings. The summed E-state index contributed by atoms with van der Waals surface area (Å²) in [6, 6.07) is 11.2. The molecule has 0 radical (unpaired) electrons. The molecule has 244 valence electrons. The lowest BCUT2D eigenvalue weighted by Crippen LogP contribution is -2.48. The highest BCUT2D eigenvalue weighted by molar-refractivity contribution is 6.34. The number of aryl methyl sites for hydroxylation is 1. The van der Waals surface area contributed by atoms with Gasteiger partial charge in [-0.1, -0.05) is 41.9 Å². The Labute approximate surface area is 268 Å². The summed E-state index contributed by atoms with van der Waals surface area (Å²) >= 11 is 6.55. The number of amides is 1. The molecule has 3 aliphatic heterocycles. The van der Waals surface area contributed by atoms with Gasteiger partial charge < -0.3 is 25.3 Å². The van der Waals surface area contributed by atoms with Gasteiger partial charge in [0.1, 0.15) is 11.6 Å². The van der Waals surface area contributed by atoms with Crippen molar-refractivity contribution in [1.29, 1.82) is 0 Å². The molecule has 3 aromatic carbocycles. The number of benzene rings is 3. The topological polar surface area (TPSA) is 118 Å². The Hall–Kier alpha value is -4.69. The summed E-state index contributed by atoms with van der Waals surface area (Å²) in [5.41, 5.74) is 3.56. The van der Waals surface area contributed by atoms with Crippen molar-refractivity contribution in [1.82, 2.24) is 15.1 Å². The first-order valence-corrected chi connectivity index (χ1v) is 14.9. The highest BCUT2D eigenvalue weighted by Gasteiger charge is 2.50. The fraction of sp³-hybridized carbons (Fsp3) is 0.281. The van der Waals surface area contributed by atoms with Gasteiger partial charge in [0.05, 0.1) is 35.8 Å². The van der Waals surface area contributed by atoms with Crippen LogP contribution in [0.25, 0.3) is 11.1 Å². The first kappa shape index (κ1) is 30.9. The van der Waals surface area contributed by atoms with Gasteiger partial charge in [-0.15, -0.1) is 0 Å². The summed E-state index contributed by atoms with van der Waals surface area (Å²) in [7, 11) is 0. The van der Waals surface area contributed by atoms with E-state index in [-0.39, 0.29) is 23.8 Å². The van der Waals surface area contributed by atoms with E-state index in [9.17, 15) is 22.8 Å². The van der Waals surface area contributed by atoms with Crippen molar-refractivity contribution in [2.75, 3.05) is 6.54 Å². The maximum absolute atomic E-state index is 16.7. The highest BCUT2D eigenvalue weighted by atomic mass is 35.5. The van der Waals surface area contributed by atoms with Gasteiger partial charge in [-0.2, -0.15) is 18.3 Å². The van der Waals surface area contributed by atoms with E-state index in [0.29, 0.717) is 10.2 Å². The second kappa shape index (κ2) is 11.2. The van der Waals surface area contributed by atoms with E-state index in [1.807, 2.05) is 30.3 Å². The van der Waals surface area contributed by atoms with Crippen LogP contribution in [0.5, 0.6) is 28.7 Å². The molecule has 1 aromatic heterocycles. The smallest absolute Gasteiger partial charge is 0.390 e. The van der Waals surface area contributed by atoms with Crippen LogP contribution in [0.1, 0.15) is 40.7 Å². The number of rotatable bonds is 6. The summed E-state index contributed by atoms with van der Waals surface area (Å²) in [6.07, 6.45) is -3.27. The van der Waals surface area contributed by atoms with Crippen molar-refractivity contribution in [3.05, 3.63) is 92.4 Å². The standard InChI is InChI=1S/C32H24ClF5N4O5/c33-25-18(34)12-19-17(13-31(47-19,22-7-4-9-40-22)15-5-2-1-3-6-15)23(25)24-16(29(39)43)11-20-27(26(24)35)46-21-14-41-42(10-8-32(36,37)38)30(44)28(21)45-20/h1-3,5-6,11-12,14,22,40H,4,7-10,13H2,(H2,39,43)/t22-,31-/m0/s1. The Morgan fingerprint density at radius 1 is 1.09 bits per heavy atom. The molecular weight excluding hydrogens is 651 g/mol. The molecule has 0 spiro atoms. The summed E-state index contributed by atoms with van der Waals surface area (Å²) in [5, 5.41) is 6.64. The molecule has 4 heterocycles. The predicted octanol–water partition coefficient (Wildman–Crippen LogP) is 6.37. The molecule has 47 heavy (non-hydrogen) atoms. The monoisotopic (exact) mass is 674 g/mol. The van der Waals surface area contributed by atoms with Gasteiger partial charge in [0, 0.05) is 29.2 Å². The number of ether oxygens (including phenoxy) is 3. The molecule has 0 saturated carbocycles. The van der Waals surface area contributed by atoms with E-state index in [2.05, 4.69) is 10.4 Å². The molecule has 1 amide bonds. The molecule has 0 unspecified atom stereocenters. The van der Waals surface area contributed by atoms with Crippen molar-refractivity contribution >= 4 is 17.5 Å². The van der Waals surface area contributed by atoms with Gasteiger partial charge in [0.25, 0.3) is 0 Å². The molecular formula is C32H24ClF5N4O5. The Morgan fingerprint density at radius 3 is 2.51 bits per heavy atom. The van der Waals surface area contributed by atoms with Gasteiger partial charge in [-0.3, -0.25) is 9.59 Å². The van der Waals surface area contributed by atoms with Gasteiger partial charge in [-0.25, -0.2) is 13.5 Å². The van der Waals surface area contributed by atoms with Crippen molar-refractivity contribution in [3.8, 4) is 39.9 Å². The number of nitrogens with one attached hydrogen (secondary N) is 1. The number of hydrogen-bond donors (Lipinski definition) is 2. The maximum atomic E-state index is 16.7. The average Bonchev–Trinajstić information content (AvgIpc) is 3.71. The van der Waals surface area contributed by atoms with Crippen LogP contribution in [0.15, 0.2) is 53.5 Å². The third-order valence-corrected chi connectivity index (χ3v) is 8.97. The van der Waals surface area contributed by atoms with Crippen LogP contribution in [0.4, 0.5) is 22.0 Å². The Balaban J connectivity index is 1.37. The summed E-state index contributed by atoms with van der Waals surface area (Å²) in [6.45, 7) is -0.0783. The number of hydrogen-bond acceptors (Lipinski definition) is 7. The van der Waals surface area contributed by atoms with Crippen LogP contribution >= 0.6 is 11.6 Å². The van der Waals surface area contributed by atoms with E-state index >= 15 is 8.78 Å². The zero-order valence-electron chi connectivity index (χ0n) is 24.2. The fourth-order valence-corrected chi connectivity index (χ4v) is 6.74. The van der Waals surface area contributed by atoms with Crippen molar-refractivity contribution in [3.63, 3.8) is 0 Å². The largest absolute Gasteiger partial charge is 0.480 e. The van der Waals surface area contributed by atoms with Crippen LogP contribution in [0, 0.1) is 11.6 Å². The van der Waals surface area contributed by atoms with Crippen LogP contribution in [0.2, 0.25) is 5.02 Å². The SMILES string of the molecule is NC(=O)c1cc2c(c(F)c1-c1c(Cl)c(F)cc3c1C[C@](c1ccccc1)([C@@H]1CCCN1)O3)Oc1cnn(CCC(F)(F)F)c(=O)c1O2. The quantitative estimate of drug-likeness (QED) is 0.201. The van der Waals surface area contributed by atoms with E-state index in [1.165, 1.54) is 0 Å². The minimum Gasteiger partial charge on any atom is -0.480 e. The molecule has 1 saturated heterocycles. The van der Waals surface area contributed by atoms with E-state index in [1.54, 1.807) is 0 Å². The third-order valence-electron chi connectivity index (χ3n) is 8.60. The first-order chi connectivity index (χ1) is 22.4. The lowest BCUT2D eigenvalue weighted by atomic mass is 9.80. The molecule has 3 aliphatic rings. The molecule has 7 rings (SSSR count). The van der Waals surface area contributed by atoms with Crippen LogP contribution < -0.4 is 30.8 Å². The summed E-state index contributed by atoms with van der Waals surface area (Å²) in [5.74, 6) is -5.24. The number of carbonyl (C=O) groups is 1. The molecule has 1 fully saturated rings. The van der Waals surface area contributed by atoms with Crippen molar-refractivity contribution in [2.24, 2.45) is 5.73 Å². The number of alkyl halides is 3. The van der Waals surface area contributed by atoms with Crippen molar-refractivity contribution in [2.45, 2.75) is 50.0 Å². The number of primary amides is 1. The molecule has 0 aliphatic carbocycles. The average molecular weight is 675 g/mol. The lowest BCUT2D eigenvalue weighted by Gasteiger charge is -2.35. The number of carbonyl (C=O) groups excluding carboxylic acids is 1. The molecule has 0 bridgehead atoms. The van der Waals surface area contributed by atoms with Gasteiger partial charge in [-0.05, 0) is 31.0 Å². The number of nitrogens with zero attached hydrogens (tertiary/aromatic N) is 2. The summed E-state index contributed by atoms with van der Waals surface area (Å²) in [4.78, 5) is 25.7. The maximum Gasteiger partial charge on any atom is 0.390 e. The second-order valence-corrected chi connectivity index (χ2v) is 11.8. The lowest BCUT2D eigenvalue weighted by molar-refractivity contribution is -0.137. The minimum absolute atomic E-state index is 0.0955. The molecule has 3 N–H and O–H groups in total. The van der Waals surface area contributed by atoms with Crippen molar-refractivity contribution < 1.29 is 41.0 Å². The van der Waals surface area contributed by atoms with E-state index in [0.717, 1.165) is 43.3 Å². The van der Waals surface area contributed by atoms with Gasteiger partial charge in [0.2, 0.25) is 17.4 Å². The number of fused-ring (bicyclic) bond motifs is 3. The zero-order chi connectivity index (χ0) is 33.2. The predicted molar refractivity (Wildman–Crippen MR) is 158 cm³/mol. The van der Waals surface area contributed by atoms with Crippen LogP contribution in [-0.2, 0) is 18.6 Å². The number of aromatic nitrogens is 2. The Bertz CT molecular complexity index is 2000. The van der Waals surface area contributed by atoms with Crippen LogP contribution in [-0.4, -0.2) is 34.5 Å². The first-order valence-electron chi connectivity index (χ1n) is 14.6. The third kappa shape index (κ3) is 5.15. The molecule has 2 atom stereocenters. The molecule has 15 heteroatoms. The zero-order valence-corrected chi connectivity index (χ0v) is 25.0. The Kier molecular flexibility index (Phi) is 7.39. The van der Waals surface area contributed by atoms with Gasteiger partial charge >= 0.3 is 11.7 Å².